The zero-order valence-corrected chi connectivity index (χ0v) is 19.0. The third-order valence-corrected chi connectivity index (χ3v) is 7.18. The largest absolute Gasteiger partial charge is 0.353 e. The van der Waals surface area contributed by atoms with E-state index in [0.29, 0.717) is 0 Å². The van der Waals surface area contributed by atoms with Gasteiger partial charge >= 0.3 is 0 Å². The van der Waals surface area contributed by atoms with Crippen LogP contribution < -0.4 is 10.2 Å². The SMILES string of the molecule is CC[C@@H](Cc1ccccc1)NC(=O)C1CCN(c2nc3c(C)cc(C)cc3s2)CC1. The highest BCUT2D eigenvalue weighted by atomic mass is 32.1. The number of nitrogens with zero attached hydrogens (tertiary/aromatic N) is 2. The molecule has 158 valence electrons. The highest BCUT2D eigenvalue weighted by Gasteiger charge is 2.27. The smallest absolute Gasteiger partial charge is 0.223 e. The van der Waals surface area contributed by atoms with Gasteiger partial charge in [0.05, 0.1) is 10.2 Å². The fourth-order valence-corrected chi connectivity index (χ4v) is 5.54. The van der Waals surface area contributed by atoms with Gasteiger partial charge in [-0.3, -0.25) is 4.79 Å². The van der Waals surface area contributed by atoms with E-state index in [9.17, 15) is 4.79 Å². The molecule has 1 aromatic heterocycles. The summed E-state index contributed by atoms with van der Waals surface area (Å²) in [6, 6.07) is 15.0. The molecule has 5 heteroatoms. The van der Waals surface area contributed by atoms with Gasteiger partial charge in [0.1, 0.15) is 0 Å². The van der Waals surface area contributed by atoms with E-state index in [1.165, 1.54) is 21.4 Å². The van der Waals surface area contributed by atoms with Crippen LogP contribution in [0.15, 0.2) is 42.5 Å². The second-order valence-electron chi connectivity index (χ2n) is 8.49. The van der Waals surface area contributed by atoms with Crippen LogP contribution in [0, 0.1) is 19.8 Å². The van der Waals surface area contributed by atoms with Crippen molar-refractivity contribution in [2.45, 2.75) is 52.5 Å². The van der Waals surface area contributed by atoms with Gasteiger partial charge in [0.25, 0.3) is 0 Å². The van der Waals surface area contributed by atoms with Gasteiger partial charge < -0.3 is 10.2 Å². The van der Waals surface area contributed by atoms with Crippen molar-refractivity contribution in [1.82, 2.24) is 10.3 Å². The first-order chi connectivity index (χ1) is 14.5. The van der Waals surface area contributed by atoms with Gasteiger partial charge in [0, 0.05) is 25.0 Å². The lowest BCUT2D eigenvalue weighted by atomic mass is 9.95. The first-order valence-electron chi connectivity index (χ1n) is 11.0. The van der Waals surface area contributed by atoms with E-state index in [2.05, 4.69) is 67.4 Å². The van der Waals surface area contributed by atoms with Crippen LogP contribution in [-0.2, 0) is 11.2 Å². The Balaban J connectivity index is 1.34. The summed E-state index contributed by atoms with van der Waals surface area (Å²) in [5.74, 6) is 0.317. The third kappa shape index (κ3) is 4.67. The van der Waals surface area contributed by atoms with E-state index < -0.39 is 0 Å². The van der Waals surface area contributed by atoms with Gasteiger partial charge in [-0.1, -0.05) is 54.7 Å². The Hall–Kier alpha value is -2.40. The van der Waals surface area contributed by atoms with Gasteiger partial charge in [-0.05, 0) is 62.3 Å². The van der Waals surface area contributed by atoms with E-state index in [1.54, 1.807) is 11.3 Å². The molecule has 1 fully saturated rings. The Bertz CT molecular complexity index is 1010. The monoisotopic (exact) mass is 421 g/mol. The van der Waals surface area contributed by atoms with Crippen molar-refractivity contribution in [3.05, 3.63) is 59.2 Å². The number of nitrogens with one attached hydrogen (secondary N) is 1. The van der Waals surface area contributed by atoms with Crippen LogP contribution in [0.4, 0.5) is 5.13 Å². The molecule has 4 rings (SSSR count). The molecule has 1 N–H and O–H groups in total. The maximum Gasteiger partial charge on any atom is 0.223 e. The van der Waals surface area contributed by atoms with Crippen molar-refractivity contribution in [3.8, 4) is 0 Å². The lowest BCUT2D eigenvalue weighted by molar-refractivity contribution is -0.126. The van der Waals surface area contributed by atoms with Gasteiger partial charge in [0.15, 0.2) is 5.13 Å². The molecule has 1 atom stereocenters. The predicted octanol–water partition coefficient (Wildman–Crippen LogP) is 5.27. The molecule has 2 heterocycles. The number of amides is 1. The summed E-state index contributed by atoms with van der Waals surface area (Å²) < 4.78 is 1.26. The molecule has 0 bridgehead atoms. The number of carbonyl (C=O) groups is 1. The van der Waals surface area contributed by atoms with Crippen LogP contribution in [-0.4, -0.2) is 30.0 Å². The molecular formula is C25H31N3OS. The Morgan fingerprint density at radius 3 is 2.63 bits per heavy atom. The molecule has 0 aliphatic carbocycles. The molecule has 0 saturated carbocycles. The molecule has 30 heavy (non-hydrogen) atoms. The molecule has 1 saturated heterocycles. The topological polar surface area (TPSA) is 45.2 Å². The highest BCUT2D eigenvalue weighted by Crippen LogP contribution is 2.33. The normalized spacial score (nSPS) is 16.0. The standard InChI is InChI=1S/C25H31N3OS/c1-4-21(16-19-8-6-5-7-9-19)26-24(29)20-10-12-28(13-11-20)25-27-23-18(3)14-17(2)15-22(23)30-25/h5-9,14-15,20-21H,4,10-13,16H2,1-3H3,(H,26,29)/t21-/m0/s1. The van der Waals surface area contributed by atoms with Crippen molar-refractivity contribution in [2.24, 2.45) is 5.92 Å². The van der Waals surface area contributed by atoms with Crippen LogP contribution in [0.1, 0.15) is 42.9 Å². The summed E-state index contributed by atoms with van der Waals surface area (Å²) in [4.78, 5) is 20.1. The minimum absolute atomic E-state index is 0.101. The number of anilines is 1. The summed E-state index contributed by atoms with van der Waals surface area (Å²) in [5.41, 5.74) is 4.92. The van der Waals surface area contributed by atoms with Crippen molar-refractivity contribution in [2.75, 3.05) is 18.0 Å². The first-order valence-corrected chi connectivity index (χ1v) is 11.8. The molecular weight excluding hydrogens is 390 g/mol. The number of hydrogen-bond donors (Lipinski definition) is 1. The maximum absolute atomic E-state index is 12.9. The van der Waals surface area contributed by atoms with Gasteiger partial charge in [-0.2, -0.15) is 0 Å². The van der Waals surface area contributed by atoms with Crippen molar-refractivity contribution in [3.63, 3.8) is 0 Å². The number of rotatable bonds is 6. The number of aromatic nitrogens is 1. The maximum atomic E-state index is 12.9. The van der Waals surface area contributed by atoms with Crippen molar-refractivity contribution >= 4 is 32.6 Å². The summed E-state index contributed by atoms with van der Waals surface area (Å²) in [6.45, 7) is 8.20. The van der Waals surface area contributed by atoms with E-state index >= 15 is 0 Å². The van der Waals surface area contributed by atoms with Crippen LogP contribution in [0.5, 0.6) is 0 Å². The zero-order chi connectivity index (χ0) is 21.1. The second kappa shape index (κ2) is 9.17. The molecule has 4 nitrogen and oxygen atoms in total. The zero-order valence-electron chi connectivity index (χ0n) is 18.1. The quantitative estimate of drug-likeness (QED) is 0.590. The molecule has 0 spiro atoms. The Labute approximate surface area is 183 Å². The second-order valence-corrected chi connectivity index (χ2v) is 9.50. The van der Waals surface area contributed by atoms with Gasteiger partial charge in [0.2, 0.25) is 5.91 Å². The van der Waals surface area contributed by atoms with E-state index in [4.69, 9.17) is 4.98 Å². The molecule has 1 aliphatic heterocycles. The average Bonchev–Trinajstić information content (AvgIpc) is 3.18. The molecule has 2 aromatic carbocycles. The van der Waals surface area contributed by atoms with Gasteiger partial charge in [-0.15, -0.1) is 0 Å². The van der Waals surface area contributed by atoms with Crippen LogP contribution in [0.3, 0.4) is 0 Å². The number of benzene rings is 2. The minimum Gasteiger partial charge on any atom is -0.353 e. The fraction of sp³-hybridized carbons (Fsp3) is 0.440. The first kappa shape index (κ1) is 20.9. The summed E-state index contributed by atoms with van der Waals surface area (Å²) in [5, 5.41) is 4.40. The van der Waals surface area contributed by atoms with Crippen molar-refractivity contribution < 1.29 is 4.79 Å². The molecule has 0 radical (unpaired) electrons. The third-order valence-electron chi connectivity index (χ3n) is 6.12. The predicted molar refractivity (Wildman–Crippen MR) is 126 cm³/mol. The van der Waals surface area contributed by atoms with Crippen LogP contribution >= 0.6 is 11.3 Å². The number of piperidine rings is 1. The Morgan fingerprint density at radius 2 is 1.93 bits per heavy atom. The van der Waals surface area contributed by atoms with E-state index in [-0.39, 0.29) is 17.9 Å². The number of aryl methyl sites for hydroxylation is 2. The highest BCUT2D eigenvalue weighted by molar-refractivity contribution is 7.22. The molecule has 0 unspecified atom stereocenters. The summed E-state index contributed by atoms with van der Waals surface area (Å²) in [7, 11) is 0. The lowest BCUT2D eigenvalue weighted by Crippen LogP contribution is -2.44. The molecule has 3 aromatic rings. The molecule has 1 amide bonds. The molecule has 1 aliphatic rings. The minimum atomic E-state index is 0.101. The summed E-state index contributed by atoms with van der Waals surface area (Å²) in [6.07, 6.45) is 3.62. The number of fused-ring (bicyclic) bond motifs is 1. The Kier molecular flexibility index (Phi) is 6.38. The van der Waals surface area contributed by atoms with Gasteiger partial charge in [-0.25, -0.2) is 4.98 Å². The lowest BCUT2D eigenvalue weighted by Gasteiger charge is -2.32. The Morgan fingerprint density at radius 1 is 1.20 bits per heavy atom. The summed E-state index contributed by atoms with van der Waals surface area (Å²) >= 11 is 1.77. The van der Waals surface area contributed by atoms with Crippen LogP contribution in [0.25, 0.3) is 10.2 Å². The van der Waals surface area contributed by atoms with Crippen molar-refractivity contribution in [1.29, 1.82) is 0 Å². The van der Waals surface area contributed by atoms with E-state index in [0.717, 1.165) is 49.4 Å². The number of carbonyl (C=O) groups excluding carboxylic acids is 1. The fourth-order valence-electron chi connectivity index (χ4n) is 4.34. The number of hydrogen-bond acceptors (Lipinski definition) is 4. The van der Waals surface area contributed by atoms with E-state index in [1.807, 2.05) is 6.07 Å². The number of thiazole rings is 1. The average molecular weight is 422 g/mol. The van der Waals surface area contributed by atoms with Crippen LogP contribution in [0.2, 0.25) is 0 Å².